The number of hydrogen-bond acceptors (Lipinski definition) is 4. The third kappa shape index (κ3) is 2.44. The molecule has 0 aliphatic rings. The van der Waals surface area contributed by atoms with Crippen LogP contribution in [0.4, 0.5) is 0 Å². The normalized spacial score (nSPS) is 10.8. The summed E-state index contributed by atoms with van der Waals surface area (Å²) < 4.78 is 10.7. The predicted molar refractivity (Wildman–Crippen MR) is 91.4 cm³/mol. The molecule has 0 aliphatic carbocycles. The van der Waals surface area contributed by atoms with Crippen molar-refractivity contribution < 1.29 is 13.9 Å². The van der Waals surface area contributed by atoms with E-state index >= 15 is 0 Å². The summed E-state index contributed by atoms with van der Waals surface area (Å²) in [5.74, 6) is -0.132. The van der Waals surface area contributed by atoms with Crippen LogP contribution in [-0.4, -0.2) is 5.97 Å². The zero-order valence-electron chi connectivity index (χ0n) is 12.6. The molecule has 1 heterocycles. The lowest BCUT2D eigenvalue weighted by Gasteiger charge is -2.06. The molecule has 0 aliphatic heterocycles. The average Bonchev–Trinajstić information content (AvgIpc) is 2.62. The highest BCUT2D eigenvalue weighted by atomic mass is 16.5. The second-order valence-corrected chi connectivity index (χ2v) is 5.35. The number of fused-ring (bicyclic) bond motifs is 3. The van der Waals surface area contributed by atoms with Crippen molar-refractivity contribution in [3.8, 4) is 5.75 Å². The predicted octanol–water partition coefficient (Wildman–Crippen LogP) is 4.17. The minimum absolute atomic E-state index is 0.329. The van der Waals surface area contributed by atoms with Crippen LogP contribution in [-0.2, 0) is 0 Å². The van der Waals surface area contributed by atoms with Crippen LogP contribution in [0.5, 0.6) is 5.75 Å². The van der Waals surface area contributed by atoms with Crippen LogP contribution < -0.4 is 10.4 Å². The van der Waals surface area contributed by atoms with Crippen molar-refractivity contribution in [3.05, 3.63) is 88.8 Å². The first kappa shape index (κ1) is 14.2. The molecule has 0 unspecified atom stereocenters. The van der Waals surface area contributed by atoms with Gasteiger partial charge < -0.3 is 9.15 Å². The second-order valence-electron chi connectivity index (χ2n) is 5.35. The van der Waals surface area contributed by atoms with Gasteiger partial charge in [-0.15, -0.1) is 0 Å². The molecule has 0 N–H and O–H groups in total. The van der Waals surface area contributed by atoms with Gasteiger partial charge in [0.25, 0.3) is 0 Å². The zero-order valence-corrected chi connectivity index (χ0v) is 12.6. The van der Waals surface area contributed by atoms with Crippen LogP contribution in [0.1, 0.15) is 10.4 Å². The molecule has 116 valence electrons. The van der Waals surface area contributed by atoms with Gasteiger partial charge in [0.05, 0.1) is 10.9 Å². The highest BCUT2D eigenvalue weighted by molar-refractivity contribution is 6.04. The third-order valence-corrected chi connectivity index (χ3v) is 3.81. The molecule has 0 spiro atoms. The van der Waals surface area contributed by atoms with E-state index in [1.165, 1.54) is 0 Å². The lowest BCUT2D eigenvalue weighted by molar-refractivity contribution is 0.0735. The molecule has 24 heavy (non-hydrogen) atoms. The molecule has 4 nitrogen and oxygen atoms in total. The van der Waals surface area contributed by atoms with E-state index in [9.17, 15) is 9.59 Å². The molecule has 0 saturated heterocycles. The fourth-order valence-electron chi connectivity index (χ4n) is 2.66. The quantitative estimate of drug-likeness (QED) is 0.241. The molecule has 0 radical (unpaired) electrons. The van der Waals surface area contributed by atoms with Gasteiger partial charge in [-0.05, 0) is 35.7 Å². The molecule has 0 atom stereocenters. The summed E-state index contributed by atoms with van der Waals surface area (Å²) in [5.41, 5.74) is 0.430. The minimum Gasteiger partial charge on any atom is -0.423 e. The van der Waals surface area contributed by atoms with Crippen LogP contribution in [0.25, 0.3) is 21.7 Å². The van der Waals surface area contributed by atoms with E-state index in [1.807, 2.05) is 18.2 Å². The maximum absolute atomic E-state index is 12.1. The number of carbonyl (C=O) groups is 1. The SMILES string of the molecule is O=C(Oc1ccc2c(c1)oc(=O)c1ccccc12)c1ccccc1. The first-order valence-electron chi connectivity index (χ1n) is 7.45. The Morgan fingerprint density at radius 3 is 2.29 bits per heavy atom. The molecule has 4 heteroatoms. The maximum atomic E-state index is 12.1. The van der Waals surface area contributed by atoms with E-state index < -0.39 is 11.6 Å². The summed E-state index contributed by atoms with van der Waals surface area (Å²) in [5, 5.41) is 2.13. The van der Waals surface area contributed by atoms with E-state index in [1.54, 1.807) is 54.6 Å². The Labute approximate surface area is 136 Å². The van der Waals surface area contributed by atoms with Gasteiger partial charge in [0, 0.05) is 11.5 Å². The summed E-state index contributed by atoms with van der Waals surface area (Å²) in [6, 6.07) is 21.0. The molecular formula is C20H12O4. The fourth-order valence-corrected chi connectivity index (χ4v) is 2.66. The lowest BCUT2D eigenvalue weighted by atomic mass is 10.1. The Morgan fingerprint density at radius 1 is 0.792 bits per heavy atom. The van der Waals surface area contributed by atoms with E-state index in [4.69, 9.17) is 9.15 Å². The Kier molecular flexibility index (Phi) is 3.35. The highest BCUT2D eigenvalue weighted by Gasteiger charge is 2.11. The molecule has 0 saturated carbocycles. The molecule has 4 aromatic rings. The van der Waals surface area contributed by atoms with Crippen molar-refractivity contribution in [2.24, 2.45) is 0 Å². The maximum Gasteiger partial charge on any atom is 0.344 e. The van der Waals surface area contributed by atoms with Crippen molar-refractivity contribution in [1.82, 2.24) is 0 Å². The van der Waals surface area contributed by atoms with Gasteiger partial charge in [0.2, 0.25) is 0 Å². The molecule has 0 amide bonds. The smallest absolute Gasteiger partial charge is 0.344 e. The summed E-state index contributed by atoms with van der Waals surface area (Å²) in [4.78, 5) is 24.2. The van der Waals surface area contributed by atoms with Gasteiger partial charge in [0.15, 0.2) is 0 Å². The second kappa shape index (κ2) is 5.66. The van der Waals surface area contributed by atoms with Crippen LogP contribution in [0.3, 0.4) is 0 Å². The summed E-state index contributed by atoms with van der Waals surface area (Å²) >= 11 is 0. The molecule has 4 rings (SSSR count). The number of benzene rings is 3. The molecular weight excluding hydrogens is 304 g/mol. The van der Waals surface area contributed by atoms with Crippen molar-refractivity contribution in [1.29, 1.82) is 0 Å². The van der Waals surface area contributed by atoms with Crippen LogP contribution >= 0.6 is 0 Å². The Balaban J connectivity index is 1.78. The molecule has 0 bridgehead atoms. The van der Waals surface area contributed by atoms with Gasteiger partial charge in [-0.25, -0.2) is 9.59 Å². The third-order valence-electron chi connectivity index (χ3n) is 3.81. The number of rotatable bonds is 2. The molecule has 3 aromatic carbocycles. The molecule has 0 fully saturated rings. The highest BCUT2D eigenvalue weighted by Crippen LogP contribution is 2.26. The number of carbonyl (C=O) groups excluding carboxylic acids is 1. The first-order chi connectivity index (χ1) is 11.7. The van der Waals surface area contributed by atoms with Crippen LogP contribution in [0.2, 0.25) is 0 Å². The number of hydrogen-bond donors (Lipinski definition) is 0. The van der Waals surface area contributed by atoms with Gasteiger partial charge in [-0.2, -0.15) is 0 Å². The van der Waals surface area contributed by atoms with Crippen molar-refractivity contribution in [2.75, 3.05) is 0 Å². The van der Waals surface area contributed by atoms with Gasteiger partial charge in [0.1, 0.15) is 11.3 Å². The van der Waals surface area contributed by atoms with Gasteiger partial charge in [-0.3, -0.25) is 0 Å². The molecule has 1 aromatic heterocycles. The van der Waals surface area contributed by atoms with E-state index in [-0.39, 0.29) is 0 Å². The lowest BCUT2D eigenvalue weighted by Crippen LogP contribution is -2.08. The average molecular weight is 316 g/mol. The largest absolute Gasteiger partial charge is 0.423 e. The first-order valence-corrected chi connectivity index (χ1v) is 7.45. The summed E-state index contributed by atoms with van der Waals surface area (Å²) in [6.07, 6.45) is 0. The summed E-state index contributed by atoms with van der Waals surface area (Å²) in [7, 11) is 0. The fraction of sp³-hybridized carbons (Fsp3) is 0. The topological polar surface area (TPSA) is 56.5 Å². The zero-order chi connectivity index (χ0) is 16.5. The Morgan fingerprint density at radius 2 is 1.50 bits per heavy atom. The van der Waals surface area contributed by atoms with Crippen LogP contribution in [0.15, 0.2) is 82.0 Å². The van der Waals surface area contributed by atoms with E-state index in [2.05, 4.69) is 0 Å². The van der Waals surface area contributed by atoms with E-state index in [0.717, 1.165) is 10.8 Å². The van der Waals surface area contributed by atoms with Gasteiger partial charge in [-0.1, -0.05) is 36.4 Å². The number of esters is 1. The van der Waals surface area contributed by atoms with Crippen molar-refractivity contribution in [2.45, 2.75) is 0 Å². The van der Waals surface area contributed by atoms with Crippen molar-refractivity contribution in [3.63, 3.8) is 0 Å². The summed E-state index contributed by atoms with van der Waals surface area (Å²) in [6.45, 7) is 0. The minimum atomic E-state index is -0.460. The Bertz CT molecular complexity index is 1110. The van der Waals surface area contributed by atoms with Gasteiger partial charge >= 0.3 is 11.6 Å². The monoisotopic (exact) mass is 316 g/mol. The van der Waals surface area contributed by atoms with Crippen LogP contribution in [0, 0.1) is 0 Å². The Hall–Kier alpha value is -3.40. The van der Waals surface area contributed by atoms with Crippen molar-refractivity contribution >= 4 is 27.7 Å². The number of ether oxygens (including phenoxy) is 1. The van der Waals surface area contributed by atoms with E-state index in [0.29, 0.717) is 22.3 Å². The standard InChI is InChI=1S/C20H12O4/c21-19(13-6-2-1-3-7-13)23-14-10-11-16-15-8-4-5-9-17(15)20(22)24-18(16)12-14/h1-12H.